The Morgan fingerprint density at radius 2 is 2.13 bits per heavy atom. The largest absolute Gasteiger partial charge is 0.360 e. The molecule has 1 fully saturated rings. The van der Waals surface area contributed by atoms with Gasteiger partial charge in [-0.3, -0.25) is 9.13 Å². The lowest BCUT2D eigenvalue weighted by molar-refractivity contribution is 0.0665. The van der Waals surface area contributed by atoms with Crippen molar-refractivity contribution in [1.29, 1.82) is 0 Å². The van der Waals surface area contributed by atoms with E-state index in [1.54, 1.807) is 15.3 Å². The fourth-order valence-corrected chi connectivity index (χ4v) is 1.57. The SMILES string of the molecule is CCCn1ccn(COCC2CC2)c1=O. The van der Waals surface area contributed by atoms with Crippen LogP contribution in [-0.2, 0) is 18.0 Å². The molecule has 0 spiro atoms. The van der Waals surface area contributed by atoms with Gasteiger partial charge in [0.2, 0.25) is 0 Å². The van der Waals surface area contributed by atoms with Crippen molar-refractivity contribution >= 4 is 0 Å². The molecule has 1 aromatic heterocycles. The highest BCUT2D eigenvalue weighted by molar-refractivity contribution is 4.80. The van der Waals surface area contributed by atoms with Gasteiger partial charge in [0.15, 0.2) is 0 Å². The summed E-state index contributed by atoms with van der Waals surface area (Å²) in [6.45, 7) is 4.04. The smallest absolute Gasteiger partial charge is 0.330 e. The van der Waals surface area contributed by atoms with E-state index in [0.29, 0.717) is 6.73 Å². The molecule has 15 heavy (non-hydrogen) atoms. The summed E-state index contributed by atoms with van der Waals surface area (Å²) >= 11 is 0. The van der Waals surface area contributed by atoms with Crippen LogP contribution in [0.5, 0.6) is 0 Å². The Labute approximate surface area is 89.5 Å². The Hall–Kier alpha value is -1.03. The molecular formula is C11H18N2O2. The van der Waals surface area contributed by atoms with Gasteiger partial charge in [0.25, 0.3) is 0 Å². The molecule has 0 aromatic carbocycles. The van der Waals surface area contributed by atoms with E-state index in [-0.39, 0.29) is 5.69 Å². The molecule has 0 unspecified atom stereocenters. The molecule has 4 heteroatoms. The molecule has 0 saturated heterocycles. The fraction of sp³-hybridized carbons (Fsp3) is 0.727. The number of rotatable bonds is 6. The Kier molecular flexibility index (Phi) is 3.26. The first-order valence-electron chi connectivity index (χ1n) is 5.64. The summed E-state index contributed by atoms with van der Waals surface area (Å²) in [7, 11) is 0. The third kappa shape index (κ3) is 2.72. The van der Waals surface area contributed by atoms with Gasteiger partial charge in [0.05, 0.1) is 6.61 Å². The summed E-state index contributed by atoms with van der Waals surface area (Å²) in [6.07, 6.45) is 7.17. The molecule has 1 saturated carbocycles. The highest BCUT2D eigenvalue weighted by atomic mass is 16.5. The van der Waals surface area contributed by atoms with E-state index in [0.717, 1.165) is 25.5 Å². The Morgan fingerprint density at radius 1 is 1.40 bits per heavy atom. The van der Waals surface area contributed by atoms with Gasteiger partial charge in [0.1, 0.15) is 6.73 Å². The average molecular weight is 210 g/mol. The van der Waals surface area contributed by atoms with Crippen LogP contribution in [0.4, 0.5) is 0 Å². The fourth-order valence-electron chi connectivity index (χ4n) is 1.57. The Balaban J connectivity index is 1.86. The van der Waals surface area contributed by atoms with E-state index in [9.17, 15) is 4.79 Å². The highest BCUT2D eigenvalue weighted by Gasteiger charge is 2.21. The van der Waals surface area contributed by atoms with E-state index < -0.39 is 0 Å². The molecule has 0 radical (unpaired) electrons. The third-order valence-corrected chi connectivity index (χ3v) is 2.66. The maximum Gasteiger partial charge on any atom is 0.330 e. The van der Waals surface area contributed by atoms with Gasteiger partial charge in [0, 0.05) is 18.9 Å². The maximum atomic E-state index is 11.7. The summed E-state index contributed by atoms with van der Waals surface area (Å²) in [6, 6.07) is 0. The number of nitrogens with zero attached hydrogens (tertiary/aromatic N) is 2. The summed E-state index contributed by atoms with van der Waals surface area (Å²) in [5, 5.41) is 0. The van der Waals surface area contributed by atoms with Gasteiger partial charge in [-0.05, 0) is 25.2 Å². The van der Waals surface area contributed by atoms with Crippen molar-refractivity contribution in [1.82, 2.24) is 9.13 Å². The number of hydrogen-bond donors (Lipinski definition) is 0. The average Bonchev–Trinajstić information content (AvgIpc) is 2.98. The predicted molar refractivity (Wildman–Crippen MR) is 57.7 cm³/mol. The third-order valence-electron chi connectivity index (χ3n) is 2.66. The van der Waals surface area contributed by atoms with Gasteiger partial charge in [-0.1, -0.05) is 6.92 Å². The van der Waals surface area contributed by atoms with Gasteiger partial charge in [-0.2, -0.15) is 0 Å². The summed E-state index contributed by atoms with van der Waals surface area (Å²) in [4.78, 5) is 11.7. The van der Waals surface area contributed by atoms with Crippen LogP contribution in [0.1, 0.15) is 26.2 Å². The van der Waals surface area contributed by atoms with E-state index in [2.05, 4.69) is 6.92 Å². The summed E-state index contributed by atoms with van der Waals surface area (Å²) < 4.78 is 8.81. The molecule has 1 aliphatic rings. The van der Waals surface area contributed by atoms with Gasteiger partial charge in [-0.25, -0.2) is 4.79 Å². The number of imidazole rings is 1. The number of ether oxygens (including phenoxy) is 1. The number of aromatic nitrogens is 2. The topological polar surface area (TPSA) is 36.2 Å². The summed E-state index contributed by atoms with van der Waals surface area (Å²) in [5.41, 5.74) is 0.0349. The van der Waals surface area contributed by atoms with E-state index >= 15 is 0 Å². The molecule has 1 aromatic rings. The molecule has 0 amide bonds. The minimum Gasteiger partial charge on any atom is -0.360 e. The minimum absolute atomic E-state index is 0.0349. The molecule has 4 nitrogen and oxygen atoms in total. The summed E-state index contributed by atoms with van der Waals surface area (Å²) in [5.74, 6) is 0.749. The number of aryl methyl sites for hydroxylation is 1. The van der Waals surface area contributed by atoms with Crippen LogP contribution < -0.4 is 5.69 Å². The molecule has 0 bridgehead atoms. The van der Waals surface area contributed by atoms with Crippen LogP contribution in [0, 0.1) is 5.92 Å². The van der Waals surface area contributed by atoms with Crippen molar-refractivity contribution in [2.45, 2.75) is 39.5 Å². The molecule has 0 aliphatic heterocycles. The lowest BCUT2D eigenvalue weighted by Gasteiger charge is -2.02. The second kappa shape index (κ2) is 4.66. The van der Waals surface area contributed by atoms with E-state index in [1.807, 2.05) is 6.20 Å². The lowest BCUT2D eigenvalue weighted by Crippen LogP contribution is -2.25. The first-order valence-corrected chi connectivity index (χ1v) is 5.64. The molecular weight excluding hydrogens is 192 g/mol. The van der Waals surface area contributed by atoms with Crippen LogP contribution >= 0.6 is 0 Å². The van der Waals surface area contributed by atoms with Gasteiger partial charge >= 0.3 is 5.69 Å². The van der Waals surface area contributed by atoms with Crippen molar-refractivity contribution in [3.8, 4) is 0 Å². The van der Waals surface area contributed by atoms with Crippen LogP contribution in [0.15, 0.2) is 17.2 Å². The Bertz CT molecular complexity index is 363. The second-order valence-electron chi connectivity index (χ2n) is 4.19. The quantitative estimate of drug-likeness (QED) is 0.712. The molecule has 1 aliphatic carbocycles. The first-order chi connectivity index (χ1) is 7.31. The van der Waals surface area contributed by atoms with Crippen LogP contribution in [0.25, 0.3) is 0 Å². The first kappa shape index (κ1) is 10.5. The Morgan fingerprint density at radius 3 is 2.80 bits per heavy atom. The van der Waals surface area contributed by atoms with Crippen molar-refractivity contribution in [3.63, 3.8) is 0 Å². The molecule has 84 valence electrons. The van der Waals surface area contributed by atoms with Crippen LogP contribution in [-0.4, -0.2) is 15.7 Å². The molecule has 0 atom stereocenters. The predicted octanol–water partition coefficient (Wildman–Crippen LogP) is 1.44. The van der Waals surface area contributed by atoms with E-state index in [4.69, 9.17) is 4.74 Å². The second-order valence-corrected chi connectivity index (χ2v) is 4.19. The molecule has 0 N–H and O–H groups in total. The highest BCUT2D eigenvalue weighted by Crippen LogP contribution is 2.28. The zero-order valence-electron chi connectivity index (χ0n) is 9.19. The van der Waals surface area contributed by atoms with Crippen molar-refractivity contribution in [3.05, 3.63) is 22.9 Å². The van der Waals surface area contributed by atoms with Crippen molar-refractivity contribution in [2.24, 2.45) is 5.92 Å². The maximum absolute atomic E-state index is 11.7. The van der Waals surface area contributed by atoms with Gasteiger partial charge < -0.3 is 4.74 Å². The lowest BCUT2D eigenvalue weighted by atomic mass is 10.5. The minimum atomic E-state index is 0.0349. The van der Waals surface area contributed by atoms with Crippen LogP contribution in [0.2, 0.25) is 0 Å². The normalized spacial score (nSPS) is 15.8. The zero-order chi connectivity index (χ0) is 10.7. The van der Waals surface area contributed by atoms with E-state index in [1.165, 1.54) is 12.8 Å². The number of hydrogen-bond acceptors (Lipinski definition) is 2. The monoisotopic (exact) mass is 210 g/mol. The van der Waals surface area contributed by atoms with Crippen molar-refractivity contribution < 1.29 is 4.74 Å². The van der Waals surface area contributed by atoms with Crippen molar-refractivity contribution in [2.75, 3.05) is 6.61 Å². The zero-order valence-corrected chi connectivity index (χ0v) is 9.19. The van der Waals surface area contributed by atoms with Crippen LogP contribution in [0.3, 0.4) is 0 Å². The molecule has 2 rings (SSSR count). The molecule has 1 heterocycles. The van der Waals surface area contributed by atoms with Gasteiger partial charge in [-0.15, -0.1) is 0 Å². The standard InChI is InChI=1S/C11H18N2O2/c1-2-5-12-6-7-13(11(12)14)9-15-8-10-3-4-10/h6-7,10H,2-5,8-9H2,1H3.